The second-order valence-electron chi connectivity index (χ2n) is 8.79. The van der Waals surface area contributed by atoms with Gasteiger partial charge in [0.25, 0.3) is 0 Å². The van der Waals surface area contributed by atoms with Gasteiger partial charge in [-0.1, -0.05) is 42.5 Å². The van der Waals surface area contributed by atoms with Crippen LogP contribution in [0.2, 0.25) is 0 Å². The van der Waals surface area contributed by atoms with Crippen molar-refractivity contribution < 1.29 is 10.2 Å². The lowest BCUT2D eigenvalue weighted by molar-refractivity contribution is -0.0308. The highest BCUT2D eigenvalue weighted by atomic mass is 32.1. The predicted molar refractivity (Wildman–Crippen MR) is 123 cm³/mol. The van der Waals surface area contributed by atoms with E-state index in [2.05, 4.69) is 34.1 Å². The Balaban J connectivity index is 1.19. The number of hydrogen-bond donors (Lipinski definition) is 2. The minimum Gasteiger partial charge on any atom is -0.508 e. The van der Waals surface area contributed by atoms with Crippen LogP contribution in [0.4, 0.5) is 0 Å². The number of aliphatic hydroxyl groups is 1. The molecule has 3 aromatic rings. The number of hydrogen-bond acceptors (Lipinski definition) is 6. The van der Waals surface area contributed by atoms with Crippen molar-refractivity contribution >= 4 is 11.3 Å². The summed E-state index contributed by atoms with van der Waals surface area (Å²) < 4.78 is 0. The van der Waals surface area contributed by atoms with E-state index in [4.69, 9.17) is 4.98 Å². The predicted octanol–water partition coefficient (Wildman–Crippen LogP) is 3.89. The summed E-state index contributed by atoms with van der Waals surface area (Å²) in [5.41, 5.74) is 3.79. The first-order valence-electron chi connectivity index (χ1n) is 11.0. The minimum absolute atomic E-state index is 0.341. The molecule has 0 spiro atoms. The fourth-order valence-electron chi connectivity index (χ4n) is 4.70. The molecular formula is C25H29N3O2S. The van der Waals surface area contributed by atoms with Crippen LogP contribution in [0.25, 0.3) is 0 Å². The molecule has 1 aromatic heterocycles. The van der Waals surface area contributed by atoms with E-state index in [1.165, 1.54) is 11.1 Å². The number of aromatic nitrogens is 1. The number of para-hydroxylation sites is 1. The van der Waals surface area contributed by atoms with Gasteiger partial charge in [0, 0.05) is 43.7 Å². The molecule has 0 amide bonds. The molecule has 162 valence electrons. The van der Waals surface area contributed by atoms with E-state index in [9.17, 15) is 10.2 Å². The number of fused-ring (bicyclic) bond motifs is 1. The lowest BCUT2D eigenvalue weighted by Gasteiger charge is -2.37. The zero-order valence-electron chi connectivity index (χ0n) is 17.7. The van der Waals surface area contributed by atoms with Crippen molar-refractivity contribution in [2.24, 2.45) is 0 Å². The summed E-state index contributed by atoms with van der Waals surface area (Å²) in [6.45, 7) is 5.16. The molecule has 2 N–H and O–H groups in total. The molecule has 0 saturated carbocycles. The molecule has 6 heteroatoms. The van der Waals surface area contributed by atoms with E-state index < -0.39 is 5.60 Å². The fraction of sp³-hybridized carbons (Fsp3) is 0.400. The monoisotopic (exact) mass is 435 g/mol. The number of likely N-dealkylation sites (tertiary alicyclic amines) is 1. The normalized spacial score (nSPS) is 19.3. The largest absolute Gasteiger partial charge is 0.508 e. The number of phenolic OH excluding ortho intramolecular Hbond substituents is 1. The third-order valence-electron chi connectivity index (χ3n) is 6.67. The maximum atomic E-state index is 11.3. The van der Waals surface area contributed by atoms with Gasteiger partial charge >= 0.3 is 0 Å². The Morgan fingerprint density at radius 3 is 2.45 bits per heavy atom. The summed E-state index contributed by atoms with van der Waals surface area (Å²) in [4.78, 5) is 9.59. The van der Waals surface area contributed by atoms with Crippen LogP contribution in [0.3, 0.4) is 0 Å². The minimum atomic E-state index is -0.849. The highest BCUT2D eigenvalue weighted by Crippen LogP contribution is 2.35. The molecule has 5 nitrogen and oxygen atoms in total. The summed E-state index contributed by atoms with van der Waals surface area (Å²) in [6.07, 6.45) is 2.42. The first-order chi connectivity index (χ1) is 15.1. The average molecular weight is 436 g/mol. The fourth-order valence-corrected chi connectivity index (χ4v) is 5.63. The first kappa shape index (κ1) is 20.6. The summed E-state index contributed by atoms with van der Waals surface area (Å²) >= 11 is 1.66. The molecule has 2 aliphatic heterocycles. The highest BCUT2D eigenvalue weighted by Gasteiger charge is 2.36. The van der Waals surface area contributed by atoms with Crippen LogP contribution in [0, 0.1) is 0 Å². The maximum Gasteiger partial charge on any atom is 0.120 e. The third-order valence-corrected chi connectivity index (χ3v) is 7.50. The van der Waals surface area contributed by atoms with Gasteiger partial charge in [-0.25, -0.2) is 4.98 Å². The van der Waals surface area contributed by atoms with Crippen LogP contribution in [0.5, 0.6) is 5.75 Å². The zero-order chi connectivity index (χ0) is 21.3. The van der Waals surface area contributed by atoms with Crippen molar-refractivity contribution in [1.82, 2.24) is 14.8 Å². The number of nitrogens with zero attached hydrogens (tertiary/aromatic N) is 3. The molecule has 0 unspecified atom stereocenters. The maximum absolute atomic E-state index is 11.3. The van der Waals surface area contributed by atoms with Crippen LogP contribution in [-0.4, -0.2) is 44.6 Å². The molecule has 2 aliphatic rings. The topological polar surface area (TPSA) is 59.8 Å². The molecule has 3 heterocycles. The Kier molecular flexibility index (Phi) is 5.80. The number of piperidine rings is 1. The molecule has 1 saturated heterocycles. The van der Waals surface area contributed by atoms with Gasteiger partial charge in [0.2, 0.25) is 0 Å². The van der Waals surface area contributed by atoms with Gasteiger partial charge in [0.1, 0.15) is 16.4 Å². The average Bonchev–Trinajstić information content (AvgIpc) is 3.26. The van der Waals surface area contributed by atoms with E-state index in [1.54, 1.807) is 17.4 Å². The molecule has 31 heavy (non-hydrogen) atoms. The molecule has 2 aromatic carbocycles. The number of thiazole rings is 1. The van der Waals surface area contributed by atoms with E-state index in [-0.39, 0.29) is 0 Å². The molecule has 5 rings (SSSR count). The van der Waals surface area contributed by atoms with Crippen LogP contribution < -0.4 is 0 Å². The van der Waals surface area contributed by atoms with E-state index >= 15 is 0 Å². The number of phenols is 1. The van der Waals surface area contributed by atoms with Gasteiger partial charge in [-0.2, -0.15) is 0 Å². The zero-order valence-corrected chi connectivity index (χ0v) is 18.5. The second-order valence-corrected chi connectivity index (χ2v) is 9.73. The van der Waals surface area contributed by atoms with Gasteiger partial charge in [-0.3, -0.25) is 9.80 Å². The summed E-state index contributed by atoms with van der Waals surface area (Å²) in [6, 6.07) is 16.2. The molecule has 0 bridgehead atoms. The van der Waals surface area contributed by atoms with Crippen molar-refractivity contribution in [1.29, 1.82) is 0 Å². The van der Waals surface area contributed by atoms with Crippen LogP contribution in [0.15, 0.2) is 53.9 Å². The lowest BCUT2D eigenvalue weighted by atomic mass is 9.88. The number of rotatable bonds is 5. The Labute approximate surface area is 187 Å². The summed E-state index contributed by atoms with van der Waals surface area (Å²) in [5.74, 6) is 0.341. The van der Waals surface area contributed by atoms with Gasteiger partial charge in [-0.15, -0.1) is 11.3 Å². The van der Waals surface area contributed by atoms with E-state index in [0.29, 0.717) is 25.1 Å². The van der Waals surface area contributed by atoms with Crippen molar-refractivity contribution in [3.05, 3.63) is 81.3 Å². The van der Waals surface area contributed by atoms with Crippen molar-refractivity contribution in [2.75, 3.05) is 19.6 Å². The van der Waals surface area contributed by atoms with Crippen LogP contribution in [-0.2, 0) is 31.7 Å². The van der Waals surface area contributed by atoms with Gasteiger partial charge in [0.05, 0.1) is 12.2 Å². The van der Waals surface area contributed by atoms with Gasteiger partial charge in [0.15, 0.2) is 0 Å². The van der Waals surface area contributed by atoms with Crippen LogP contribution >= 0.6 is 11.3 Å². The quantitative estimate of drug-likeness (QED) is 0.637. The smallest absolute Gasteiger partial charge is 0.120 e. The molecule has 0 radical (unpaired) electrons. The number of benzene rings is 2. The Bertz CT molecular complexity index is 1040. The van der Waals surface area contributed by atoms with Crippen LogP contribution in [0.1, 0.15) is 40.2 Å². The SMILES string of the molecule is Oc1ccccc1CN1CCC(O)(c2csc(CN3CCc4ccccc4C3)n2)CC1. The Hall–Kier alpha value is -2.25. The molecule has 0 atom stereocenters. The van der Waals surface area contributed by atoms with Gasteiger partial charge < -0.3 is 10.2 Å². The molecule has 0 aliphatic carbocycles. The highest BCUT2D eigenvalue weighted by molar-refractivity contribution is 7.09. The second kappa shape index (κ2) is 8.71. The first-order valence-corrected chi connectivity index (χ1v) is 11.9. The lowest BCUT2D eigenvalue weighted by Crippen LogP contribution is -2.42. The third kappa shape index (κ3) is 4.53. The van der Waals surface area contributed by atoms with E-state index in [1.807, 2.05) is 23.6 Å². The van der Waals surface area contributed by atoms with E-state index in [0.717, 1.165) is 55.4 Å². The standard InChI is InChI=1S/C25H29N3O2S/c29-22-8-4-3-7-21(22)16-27-13-10-25(30,11-14-27)23-18-31-24(26-23)17-28-12-9-19-5-1-2-6-20(19)15-28/h1-8,18,29-30H,9-17H2. The summed E-state index contributed by atoms with van der Waals surface area (Å²) in [5, 5.41) is 24.4. The van der Waals surface area contributed by atoms with Crippen molar-refractivity contribution in [2.45, 2.75) is 44.5 Å². The summed E-state index contributed by atoms with van der Waals surface area (Å²) in [7, 11) is 0. The van der Waals surface area contributed by atoms with Crippen molar-refractivity contribution in [3.63, 3.8) is 0 Å². The Morgan fingerprint density at radius 1 is 0.903 bits per heavy atom. The molecule has 1 fully saturated rings. The molecular weight excluding hydrogens is 406 g/mol. The Morgan fingerprint density at radius 2 is 1.65 bits per heavy atom. The number of aromatic hydroxyl groups is 1. The van der Waals surface area contributed by atoms with Crippen molar-refractivity contribution in [3.8, 4) is 5.75 Å². The van der Waals surface area contributed by atoms with Gasteiger partial charge in [-0.05, 0) is 36.5 Å².